The van der Waals surface area contributed by atoms with Gasteiger partial charge in [-0.2, -0.15) is 5.26 Å². The van der Waals surface area contributed by atoms with Gasteiger partial charge in [-0.25, -0.2) is 15.0 Å². The number of fused-ring (bicyclic) bond motifs is 12. The van der Waals surface area contributed by atoms with E-state index in [-0.39, 0.29) is 0 Å². The van der Waals surface area contributed by atoms with E-state index >= 15 is 0 Å². The van der Waals surface area contributed by atoms with Crippen LogP contribution in [-0.4, -0.2) is 15.0 Å². The maximum Gasteiger partial charge on any atom is 0.164 e. The van der Waals surface area contributed by atoms with Gasteiger partial charge in [-0.15, -0.1) is 0 Å². The van der Waals surface area contributed by atoms with Crippen molar-refractivity contribution in [3.05, 3.63) is 210 Å². The summed E-state index contributed by atoms with van der Waals surface area (Å²) >= 11 is 0. The number of hydrogen-bond donors (Lipinski definition) is 0. The zero-order chi connectivity index (χ0) is 36.5. The van der Waals surface area contributed by atoms with Crippen molar-refractivity contribution in [1.29, 1.82) is 5.26 Å². The van der Waals surface area contributed by atoms with Crippen LogP contribution in [0.1, 0.15) is 27.8 Å². The number of nitriles is 1. The molecule has 0 N–H and O–H groups in total. The number of rotatable bonds is 4. The van der Waals surface area contributed by atoms with Crippen LogP contribution in [0.15, 0.2) is 182 Å². The van der Waals surface area contributed by atoms with Crippen molar-refractivity contribution in [2.45, 2.75) is 5.41 Å². The molecule has 9 aromatic rings. The molecule has 1 heterocycles. The van der Waals surface area contributed by atoms with Crippen LogP contribution in [0.4, 0.5) is 0 Å². The third kappa shape index (κ3) is 4.54. The molecule has 4 nitrogen and oxygen atoms in total. The summed E-state index contributed by atoms with van der Waals surface area (Å²) in [4.78, 5) is 15.3. The number of nitrogens with zero attached hydrogens (tertiary/aromatic N) is 4. The van der Waals surface area contributed by atoms with Gasteiger partial charge in [0.05, 0.1) is 17.0 Å². The molecule has 1 unspecified atom stereocenters. The Morgan fingerprint density at radius 1 is 0.364 bits per heavy atom. The van der Waals surface area contributed by atoms with E-state index in [0.717, 1.165) is 27.8 Å². The first-order chi connectivity index (χ1) is 27.2. The molecule has 2 aliphatic rings. The van der Waals surface area contributed by atoms with Gasteiger partial charge >= 0.3 is 0 Å². The smallest absolute Gasteiger partial charge is 0.164 e. The molecule has 0 bridgehead atoms. The van der Waals surface area contributed by atoms with Gasteiger partial charge in [0.25, 0.3) is 0 Å². The summed E-state index contributed by atoms with van der Waals surface area (Å²) in [6.07, 6.45) is 0. The SMILES string of the molecule is N#Cc1ccc(-c2cc3c(c4ccccc24)-c2ccccc2C32c3ccccc3-c3ccc(-c4nc(-c5ccccc5)nc(-c5ccccc5)n4)cc32)cc1. The van der Waals surface area contributed by atoms with Gasteiger partial charge in [0.2, 0.25) is 0 Å². The molecular formula is C51H30N4. The minimum Gasteiger partial charge on any atom is -0.208 e. The molecule has 1 atom stereocenters. The lowest BCUT2D eigenvalue weighted by atomic mass is 9.69. The molecular weight excluding hydrogens is 669 g/mol. The average Bonchev–Trinajstić information content (AvgIpc) is 3.73. The molecule has 0 aliphatic heterocycles. The molecule has 1 aromatic heterocycles. The van der Waals surface area contributed by atoms with Crippen LogP contribution in [0.2, 0.25) is 0 Å². The Morgan fingerprint density at radius 2 is 0.873 bits per heavy atom. The minimum atomic E-state index is -0.600. The summed E-state index contributed by atoms with van der Waals surface area (Å²) in [5, 5.41) is 12.0. The van der Waals surface area contributed by atoms with Crippen molar-refractivity contribution in [2.24, 2.45) is 0 Å². The van der Waals surface area contributed by atoms with Crippen molar-refractivity contribution >= 4 is 10.8 Å². The first-order valence-electron chi connectivity index (χ1n) is 18.5. The number of benzene rings is 8. The fourth-order valence-electron chi connectivity index (χ4n) is 9.03. The maximum absolute atomic E-state index is 9.61. The number of hydrogen-bond acceptors (Lipinski definition) is 4. The van der Waals surface area contributed by atoms with Gasteiger partial charge in [0, 0.05) is 16.7 Å². The lowest BCUT2D eigenvalue weighted by Gasteiger charge is -2.31. The quantitative estimate of drug-likeness (QED) is 0.184. The molecule has 55 heavy (non-hydrogen) atoms. The van der Waals surface area contributed by atoms with Gasteiger partial charge in [0.1, 0.15) is 0 Å². The zero-order valence-electron chi connectivity index (χ0n) is 29.6. The number of aromatic nitrogens is 3. The van der Waals surface area contributed by atoms with Crippen LogP contribution >= 0.6 is 0 Å². The predicted octanol–water partition coefficient (Wildman–Crippen LogP) is 11.9. The first-order valence-corrected chi connectivity index (χ1v) is 18.5. The summed E-state index contributed by atoms with van der Waals surface area (Å²) in [6, 6.07) is 66.2. The first kappa shape index (κ1) is 31.1. The highest BCUT2D eigenvalue weighted by atomic mass is 15.0. The minimum absolute atomic E-state index is 0.600. The Bertz CT molecular complexity index is 2980. The van der Waals surface area contributed by atoms with Crippen LogP contribution < -0.4 is 0 Å². The lowest BCUT2D eigenvalue weighted by Crippen LogP contribution is -2.26. The van der Waals surface area contributed by atoms with Crippen molar-refractivity contribution in [2.75, 3.05) is 0 Å². The molecule has 1 spiro atoms. The molecule has 0 amide bonds. The van der Waals surface area contributed by atoms with E-state index in [0.29, 0.717) is 23.0 Å². The Kier molecular flexibility index (Phi) is 6.80. The van der Waals surface area contributed by atoms with Gasteiger partial charge in [-0.1, -0.05) is 158 Å². The van der Waals surface area contributed by atoms with E-state index in [9.17, 15) is 5.26 Å². The highest BCUT2D eigenvalue weighted by Crippen LogP contribution is 2.64. The molecule has 0 saturated carbocycles. The summed E-state index contributed by atoms with van der Waals surface area (Å²) in [5.41, 5.74) is 15.0. The van der Waals surface area contributed by atoms with Crippen molar-refractivity contribution in [3.63, 3.8) is 0 Å². The summed E-state index contributed by atoms with van der Waals surface area (Å²) in [7, 11) is 0. The Balaban J connectivity index is 1.22. The molecule has 0 radical (unpaired) electrons. The van der Waals surface area contributed by atoms with Gasteiger partial charge < -0.3 is 0 Å². The summed E-state index contributed by atoms with van der Waals surface area (Å²) < 4.78 is 0. The molecule has 0 saturated heterocycles. The van der Waals surface area contributed by atoms with E-state index in [1.54, 1.807) is 0 Å². The van der Waals surface area contributed by atoms with Crippen molar-refractivity contribution < 1.29 is 0 Å². The van der Waals surface area contributed by atoms with Gasteiger partial charge in [-0.05, 0) is 90.7 Å². The van der Waals surface area contributed by atoms with E-state index in [2.05, 4.69) is 115 Å². The van der Waals surface area contributed by atoms with E-state index in [1.165, 1.54) is 55.3 Å². The Morgan fingerprint density at radius 3 is 1.53 bits per heavy atom. The van der Waals surface area contributed by atoms with E-state index < -0.39 is 5.41 Å². The molecule has 8 aromatic carbocycles. The van der Waals surface area contributed by atoms with E-state index in [1.807, 2.05) is 72.8 Å². The third-order valence-corrected chi connectivity index (χ3v) is 11.4. The largest absolute Gasteiger partial charge is 0.208 e. The summed E-state index contributed by atoms with van der Waals surface area (Å²) in [6.45, 7) is 0. The van der Waals surface area contributed by atoms with E-state index in [4.69, 9.17) is 15.0 Å². The second-order valence-corrected chi connectivity index (χ2v) is 14.2. The van der Waals surface area contributed by atoms with Crippen LogP contribution in [0.3, 0.4) is 0 Å². The highest BCUT2D eigenvalue weighted by molar-refractivity contribution is 6.11. The highest BCUT2D eigenvalue weighted by Gasteiger charge is 2.52. The van der Waals surface area contributed by atoms with Gasteiger partial charge in [0.15, 0.2) is 17.5 Å². The van der Waals surface area contributed by atoms with Gasteiger partial charge in [-0.3, -0.25) is 0 Å². The molecule has 2 aliphatic carbocycles. The average molecular weight is 699 g/mol. The second-order valence-electron chi connectivity index (χ2n) is 14.2. The standard InChI is InChI=1S/C51H30N4/c52-31-32-23-25-33(26-24-32)42-30-46-47(40-19-8-7-17-37(40)42)41-20-10-12-22-44(41)51(46)43-21-11-9-18-38(43)39-28-27-36(29-45(39)51)50-54-48(34-13-3-1-4-14-34)53-49(55-50)35-15-5-2-6-16-35/h1-30H. The van der Waals surface area contributed by atoms with Crippen LogP contribution in [0.5, 0.6) is 0 Å². The van der Waals surface area contributed by atoms with Crippen LogP contribution in [0, 0.1) is 11.3 Å². The van der Waals surface area contributed by atoms with Crippen molar-refractivity contribution in [3.8, 4) is 73.6 Å². The van der Waals surface area contributed by atoms with Crippen LogP contribution in [-0.2, 0) is 5.41 Å². The normalized spacial score (nSPS) is 14.6. The predicted molar refractivity (Wildman–Crippen MR) is 220 cm³/mol. The van der Waals surface area contributed by atoms with Crippen LogP contribution in [0.25, 0.3) is 78.3 Å². The molecule has 0 fully saturated rings. The third-order valence-electron chi connectivity index (χ3n) is 11.4. The molecule has 4 heteroatoms. The fraction of sp³-hybridized carbons (Fsp3) is 0.0196. The molecule has 254 valence electrons. The summed E-state index contributed by atoms with van der Waals surface area (Å²) in [5.74, 6) is 1.90. The monoisotopic (exact) mass is 698 g/mol. The Labute approximate surface area is 318 Å². The topological polar surface area (TPSA) is 62.5 Å². The maximum atomic E-state index is 9.61. The Hall–Kier alpha value is -7.48. The second kappa shape index (κ2) is 12.0. The lowest BCUT2D eigenvalue weighted by molar-refractivity contribution is 0.795. The fourth-order valence-corrected chi connectivity index (χ4v) is 9.03. The zero-order valence-corrected chi connectivity index (χ0v) is 29.6. The van der Waals surface area contributed by atoms with Crippen molar-refractivity contribution in [1.82, 2.24) is 15.0 Å². The molecule has 11 rings (SSSR count).